The van der Waals surface area contributed by atoms with E-state index < -0.39 is 0 Å². The Hall–Kier alpha value is -0.810. The zero-order chi connectivity index (χ0) is 14.1. The van der Waals surface area contributed by atoms with Gasteiger partial charge in [0.15, 0.2) is 0 Å². The molecule has 0 aliphatic heterocycles. The van der Waals surface area contributed by atoms with Crippen LogP contribution in [0.4, 0.5) is 0 Å². The fraction of sp³-hybridized carbons (Fsp3) is 0.929. The van der Waals surface area contributed by atoms with Crippen molar-refractivity contribution in [2.45, 2.75) is 51.5 Å². The van der Waals surface area contributed by atoms with Gasteiger partial charge in [0.25, 0.3) is 0 Å². The van der Waals surface area contributed by atoms with Crippen LogP contribution in [0, 0.1) is 5.92 Å². The smallest absolute Gasteiger partial charge is 0.140 e. The van der Waals surface area contributed by atoms with Crippen molar-refractivity contribution in [1.29, 1.82) is 0 Å². The van der Waals surface area contributed by atoms with E-state index in [0.717, 1.165) is 25.6 Å². The number of nitrogens with zero attached hydrogens (tertiary/aromatic N) is 2. The number of amidine groups is 1. The summed E-state index contributed by atoms with van der Waals surface area (Å²) in [5.41, 5.74) is 5.58. The molecule has 0 bridgehead atoms. The average Bonchev–Trinajstić information content (AvgIpc) is 2.47. The number of rotatable bonds is 8. The van der Waals surface area contributed by atoms with E-state index in [2.05, 4.69) is 17.0 Å². The lowest BCUT2D eigenvalue weighted by Gasteiger charge is -2.37. The lowest BCUT2D eigenvalue weighted by molar-refractivity contribution is 0.0901. The van der Waals surface area contributed by atoms with Gasteiger partial charge in [-0.2, -0.15) is 0 Å². The topological polar surface area (TPSA) is 71.1 Å². The highest BCUT2D eigenvalue weighted by Crippen LogP contribution is 2.29. The molecule has 1 aliphatic rings. The van der Waals surface area contributed by atoms with Crippen molar-refractivity contribution in [3.05, 3.63) is 0 Å². The normalized spacial score (nSPS) is 24.9. The third-order valence-corrected chi connectivity index (χ3v) is 4.22. The highest BCUT2D eigenvalue weighted by Gasteiger charge is 2.25. The summed E-state index contributed by atoms with van der Waals surface area (Å²) >= 11 is 0. The van der Waals surface area contributed by atoms with Gasteiger partial charge in [-0.25, -0.2) is 0 Å². The van der Waals surface area contributed by atoms with Gasteiger partial charge in [-0.1, -0.05) is 31.3 Å². The summed E-state index contributed by atoms with van der Waals surface area (Å²) in [5, 5.41) is 11.7. The molecule has 112 valence electrons. The van der Waals surface area contributed by atoms with Gasteiger partial charge in [-0.15, -0.1) is 0 Å². The molecule has 0 aromatic carbocycles. The molecule has 1 rings (SSSR count). The SMILES string of the molecule is CCC1CCCC(N(CCOC)CCC(N)=NO)C1. The first kappa shape index (κ1) is 16.2. The van der Waals surface area contributed by atoms with Crippen LogP contribution in [-0.2, 0) is 4.74 Å². The van der Waals surface area contributed by atoms with Crippen LogP contribution >= 0.6 is 0 Å². The van der Waals surface area contributed by atoms with E-state index in [0.29, 0.717) is 18.3 Å². The van der Waals surface area contributed by atoms with Crippen LogP contribution in [0.2, 0.25) is 0 Å². The molecular formula is C14H29N3O2. The lowest BCUT2D eigenvalue weighted by Crippen LogP contribution is -2.42. The van der Waals surface area contributed by atoms with E-state index in [-0.39, 0.29) is 0 Å². The van der Waals surface area contributed by atoms with Gasteiger partial charge in [0.2, 0.25) is 0 Å². The van der Waals surface area contributed by atoms with Crippen molar-refractivity contribution in [2.24, 2.45) is 16.8 Å². The fourth-order valence-electron chi connectivity index (χ4n) is 2.96. The summed E-state index contributed by atoms with van der Waals surface area (Å²) < 4.78 is 5.20. The minimum Gasteiger partial charge on any atom is -0.409 e. The lowest BCUT2D eigenvalue weighted by atomic mass is 9.83. The van der Waals surface area contributed by atoms with Gasteiger partial charge in [-0.3, -0.25) is 4.90 Å². The quantitative estimate of drug-likeness (QED) is 0.307. The van der Waals surface area contributed by atoms with Crippen LogP contribution in [0.3, 0.4) is 0 Å². The van der Waals surface area contributed by atoms with Crippen molar-refractivity contribution < 1.29 is 9.94 Å². The molecule has 3 N–H and O–H groups in total. The third kappa shape index (κ3) is 5.78. The van der Waals surface area contributed by atoms with Crippen molar-refractivity contribution in [3.8, 4) is 0 Å². The average molecular weight is 271 g/mol. The van der Waals surface area contributed by atoms with E-state index in [1.54, 1.807) is 7.11 Å². The molecule has 0 radical (unpaired) electrons. The molecule has 0 saturated heterocycles. The maximum Gasteiger partial charge on any atom is 0.140 e. The molecule has 0 aromatic rings. The summed E-state index contributed by atoms with van der Waals surface area (Å²) in [7, 11) is 1.73. The predicted octanol–water partition coefficient (Wildman–Crippen LogP) is 2.04. The number of methoxy groups -OCH3 is 1. The number of hydrogen-bond acceptors (Lipinski definition) is 4. The third-order valence-electron chi connectivity index (χ3n) is 4.22. The molecule has 0 aromatic heterocycles. The number of ether oxygens (including phenoxy) is 1. The second-order valence-electron chi connectivity index (χ2n) is 5.46. The van der Waals surface area contributed by atoms with Gasteiger partial charge < -0.3 is 15.7 Å². The van der Waals surface area contributed by atoms with Gasteiger partial charge in [-0.05, 0) is 18.8 Å². The largest absolute Gasteiger partial charge is 0.409 e. The van der Waals surface area contributed by atoms with Crippen LogP contribution in [0.1, 0.15) is 45.4 Å². The first-order valence-corrected chi connectivity index (χ1v) is 7.40. The summed E-state index contributed by atoms with van der Waals surface area (Å²) in [6.45, 7) is 4.79. The Morgan fingerprint density at radius 1 is 1.42 bits per heavy atom. The standard InChI is InChI=1S/C14H29N3O2/c1-3-12-5-4-6-13(11-12)17(9-10-19-2)8-7-14(15)16-18/h12-13,18H,3-11H2,1-2H3,(H2,15,16). The van der Waals surface area contributed by atoms with Crippen LogP contribution in [-0.4, -0.2) is 48.8 Å². The molecule has 0 spiro atoms. The second kappa shape index (κ2) is 9.15. The van der Waals surface area contributed by atoms with E-state index >= 15 is 0 Å². The van der Waals surface area contributed by atoms with Gasteiger partial charge in [0.1, 0.15) is 5.84 Å². The van der Waals surface area contributed by atoms with Crippen LogP contribution < -0.4 is 5.73 Å². The highest BCUT2D eigenvalue weighted by atomic mass is 16.5. The first-order chi connectivity index (χ1) is 9.21. The summed E-state index contributed by atoms with van der Waals surface area (Å²) in [5.74, 6) is 1.16. The van der Waals surface area contributed by atoms with Crippen LogP contribution in [0.25, 0.3) is 0 Å². The molecule has 5 heteroatoms. The second-order valence-corrected chi connectivity index (χ2v) is 5.46. The molecule has 2 unspecified atom stereocenters. The van der Waals surface area contributed by atoms with Crippen LogP contribution in [0.5, 0.6) is 0 Å². The monoisotopic (exact) mass is 271 g/mol. The molecule has 2 atom stereocenters. The molecule has 1 saturated carbocycles. The Kier molecular flexibility index (Phi) is 7.82. The molecule has 1 fully saturated rings. The fourth-order valence-corrected chi connectivity index (χ4v) is 2.96. The van der Waals surface area contributed by atoms with E-state index in [4.69, 9.17) is 15.7 Å². The highest BCUT2D eigenvalue weighted by molar-refractivity contribution is 5.79. The van der Waals surface area contributed by atoms with Crippen molar-refractivity contribution >= 4 is 5.84 Å². The van der Waals surface area contributed by atoms with Gasteiger partial charge >= 0.3 is 0 Å². The predicted molar refractivity (Wildman–Crippen MR) is 77.5 cm³/mol. The number of oxime groups is 1. The van der Waals surface area contributed by atoms with Crippen molar-refractivity contribution in [3.63, 3.8) is 0 Å². The zero-order valence-corrected chi connectivity index (χ0v) is 12.3. The summed E-state index contributed by atoms with van der Waals surface area (Å²) in [6.07, 6.45) is 7.11. The molecule has 0 amide bonds. The van der Waals surface area contributed by atoms with Crippen molar-refractivity contribution in [1.82, 2.24) is 4.90 Å². The Labute approximate surface area is 116 Å². The minimum atomic E-state index is 0.310. The minimum absolute atomic E-state index is 0.310. The van der Waals surface area contributed by atoms with E-state index in [9.17, 15) is 0 Å². The number of nitrogens with two attached hydrogens (primary N) is 1. The van der Waals surface area contributed by atoms with E-state index in [1.165, 1.54) is 32.1 Å². The molecule has 5 nitrogen and oxygen atoms in total. The van der Waals surface area contributed by atoms with Gasteiger partial charge in [0.05, 0.1) is 6.61 Å². The summed E-state index contributed by atoms with van der Waals surface area (Å²) in [4.78, 5) is 2.45. The van der Waals surface area contributed by atoms with Crippen LogP contribution in [0.15, 0.2) is 5.16 Å². The maximum atomic E-state index is 8.63. The molecule has 1 aliphatic carbocycles. The molecular weight excluding hydrogens is 242 g/mol. The zero-order valence-electron chi connectivity index (χ0n) is 12.3. The van der Waals surface area contributed by atoms with E-state index in [1.807, 2.05) is 0 Å². The Balaban J connectivity index is 2.51. The van der Waals surface area contributed by atoms with Crippen molar-refractivity contribution in [2.75, 3.05) is 26.8 Å². The molecule has 0 heterocycles. The Morgan fingerprint density at radius 2 is 2.21 bits per heavy atom. The maximum absolute atomic E-state index is 8.63. The molecule has 19 heavy (non-hydrogen) atoms. The number of hydrogen-bond donors (Lipinski definition) is 2. The Morgan fingerprint density at radius 3 is 2.84 bits per heavy atom. The van der Waals surface area contributed by atoms with Gasteiger partial charge in [0, 0.05) is 32.7 Å². The first-order valence-electron chi connectivity index (χ1n) is 7.40. The Bertz CT molecular complexity index is 271. The summed E-state index contributed by atoms with van der Waals surface area (Å²) in [6, 6.07) is 0.625.